The third kappa shape index (κ3) is 2.79. The molecule has 0 heterocycles. The zero-order valence-corrected chi connectivity index (χ0v) is 11.5. The molecule has 2 rings (SSSR count). The molecule has 20 heavy (non-hydrogen) atoms. The van der Waals surface area contributed by atoms with Gasteiger partial charge in [-0.05, 0) is 61.1 Å². The fourth-order valence-corrected chi connectivity index (χ4v) is 2.31. The largest absolute Gasteiger partial charge is 0.508 e. The van der Waals surface area contributed by atoms with Crippen LogP contribution in [0.25, 0.3) is 0 Å². The van der Waals surface area contributed by atoms with E-state index >= 15 is 0 Å². The second-order valence-electron chi connectivity index (χ2n) is 4.96. The summed E-state index contributed by atoms with van der Waals surface area (Å²) in [5.41, 5.74) is 4.47. The predicted octanol–water partition coefficient (Wildman–Crippen LogP) is 3.82. The predicted molar refractivity (Wildman–Crippen MR) is 78.2 cm³/mol. The Labute approximate surface area is 119 Å². The van der Waals surface area contributed by atoms with Gasteiger partial charge in [0.05, 0.1) is 4.92 Å². The summed E-state index contributed by atoms with van der Waals surface area (Å²) < 4.78 is 7.39. The number of non-ortho nitro benzene ring substituents is 1. The number of hydrogen-bond acceptors (Lipinski definition) is 3. The molecule has 0 radical (unpaired) electrons. The number of rotatable bonds is 3. The van der Waals surface area contributed by atoms with E-state index in [-0.39, 0.29) is 23.3 Å². The first-order chi connectivity index (χ1) is 9.92. The number of phenolic OH excluding ortho intramolecular Hbond substituents is 1. The maximum atomic E-state index is 10.9. The topological polar surface area (TPSA) is 63.4 Å². The molecule has 0 aromatic heterocycles. The molecule has 0 saturated carbocycles. The average Bonchev–Trinajstić information content (AvgIpc) is 2.44. The van der Waals surface area contributed by atoms with E-state index in [0.717, 1.165) is 22.3 Å². The standard InChI is InChI=1S/C16H17NO3/c1-10-7-14(17(19)20)8-11(2)15(10)9-13-4-5-16(18)12(3)6-13/h4-8,18H,9H2,1-3H3/i3D. The van der Waals surface area contributed by atoms with Crippen LogP contribution in [0.5, 0.6) is 5.75 Å². The van der Waals surface area contributed by atoms with Gasteiger partial charge in [0.25, 0.3) is 5.69 Å². The van der Waals surface area contributed by atoms with E-state index in [1.54, 1.807) is 18.2 Å². The Morgan fingerprint density at radius 2 is 1.85 bits per heavy atom. The van der Waals surface area contributed by atoms with Crippen molar-refractivity contribution >= 4 is 5.69 Å². The molecule has 0 atom stereocenters. The number of nitro benzene ring substituents is 1. The van der Waals surface area contributed by atoms with Crippen molar-refractivity contribution in [1.29, 1.82) is 0 Å². The normalized spacial score (nSPS) is 11.2. The lowest BCUT2D eigenvalue weighted by Gasteiger charge is -2.11. The summed E-state index contributed by atoms with van der Waals surface area (Å²) in [6.07, 6.45) is 0.628. The van der Waals surface area contributed by atoms with Gasteiger partial charge in [-0.3, -0.25) is 10.1 Å². The quantitative estimate of drug-likeness (QED) is 0.682. The number of nitrogens with zero attached hydrogens (tertiary/aromatic N) is 1. The summed E-state index contributed by atoms with van der Waals surface area (Å²) in [4.78, 5) is 10.5. The van der Waals surface area contributed by atoms with Gasteiger partial charge in [0.15, 0.2) is 0 Å². The molecule has 0 saturated heterocycles. The van der Waals surface area contributed by atoms with Crippen LogP contribution in [0.15, 0.2) is 30.3 Å². The molecule has 0 fully saturated rings. The first-order valence-corrected chi connectivity index (χ1v) is 6.27. The lowest BCUT2D eigenvalue weighted by molar-refractivity contribution is -0.385. The first-order valence-electron chi connectivity index (χ1n) is 6.97. The highest BCUT2D eigenvalue weighted by Gasteiger charge is 2.12. The molecule has 1 N–H and O–H groups in total. The summed E-state index contributed by atoms with van der Waals surface area (Å²) in [6, 6.07) is 8.37. The van der Waals surface area contributed by atoms with Gasteiger partial charge in [-0.1, -0.05) is 12.1 Å². The maximum absolute atomic E-state index is 10.9. The van der Waals surface area contributed by atoms with Crippen molar-refractivity contribution in [3.63, 3.8) is 0 Å². The minimum Gasteiger partial charge on any atom is -0.508 e. The molecular formula is C16H17NO3. The van der Waals surface area contributed by atoms with Gasteiger partial charge in [-0.25, -0.2) is 0 Å². The van der Waals surface area contributed by atoms with Gasteiger partial charge >= 0.3 is 0 Å². The van der Waals surface area contributed by atoms with Gasteiger partial charge in [0.1, 0.15) is 5.75 Å². The molecule has 0 amide bonds. The number of hydrogen-bond donors (Lipinski definition) is 1. The number of phenols is 1. The van der Waals surface area contributed by atoms with Crippen molar-refractivity contribution in [1.82, 2.24) is 0 Å². The van der Waals surface area contributed by atoms with Crippen molar-refractivity contribution in [3.8, 4) is 5.75 Å². The molecule has 2 aromatic carbocycles. The fraction of sp³-hybridized carbons (Fsp3) is 0.250. The summed E-state index contributed by atoms with van der Waals surface area (Å²) in [7, 11) is 0. The lowest BCUT2D eigenvalue weighted by atomic mass is 9.95. The van der Waals surface area contributed by atoms with E-state index in [4.69, 9.17) is 1.37 Å². The Kier molecular flexibility index (Phi) is 3.37. The van der Waals surface area contributed by atoms with Crippen LogP contribution in [-0.4, -0.2) is 10.0 Å². The second kappa shape index (κ2) is 5.33. The van der Waals surface area contributed by atoms with Crippen molar-refractivity contribution < 1.29 is 11.4 Å². The Morgan fingerprint density at radius 3 is 2.40 bits per heavy atom. The average molecular weight is 272 g/mol. The maximum Gasteiger partial charge on any atom is 0.269 e. The molecule has 4 heteroatoms. The highest BCUT2D eigenvalue weighted by molar-refractivity contribution is 5.47. The fourth-order valence-electron chi connectivity index (χ4n) is 2.31. The van der Waals surface area contributed by atoms with Gasteiger partial charge in [-0.2, -0.15) is 0 Å². The highest BCUT2D eigenvalue weighted by atomic mass is 16.6. The van der Waals surface area contributed by atoms with E-state index in [9.17, 15) is 15.2 Å². The molecule has 0 spiro atoms. The van der Waals surface area contributed by atoms with E-state index in [0.29, 0.717) is 12.0 Å². The van der Waals surface area contributed by atoms with Crippen LogP contribution in [-0.2, 0) is 6.42 Å². The smallest absolute Gasteiger partial charge is 0.269 e. The van der Waals surface area contributed by atoms with Crippen LogP contribution >= 0.6 is 0 Å². The van der Waals surface area contributed by atoms with Crippen LogP contribution in [0.2, 0.25) is 0 Å². The number of nitro groups is 1. The van der Waals surface area contributed by atoms with Gasteiger partial charge in [0, 0.05) is 13.5 Å². The Bertz CT molecular complexity index is 675. The minimum absolute atomic E-state index is 0.0257. The zero-order chi connectivity index (χ0) is 15.6. The summed E-state index contributed by atoms with van der Waals surface area (Å²) in [6.45, 7) is 3.75. The Hall–Kier alpha value is -2.36. The van der Waals surface area contributed by atoms with Gasteiger partial charge < -0.3 is 5.11 Å². The van der Waals surface area contributed by atoms with E-state index in [1.807, 2.05) is 26.0 Å². The lowest BCUT2D eigenvalue weighted by Crippen LogP contribution is -1.99. The van der Waals surface area contributed by atoms with Gasteiger partial charge in [0.2, 0.25) is 0 Å². The van der Waals surface area contributed by atoms with Gasteiger partial charge in [-0.15, -0.1) is 0 Å². The first kappa shape index (κ1) is 12.7. The molecule has 0 aliphatic heterocycles. The number of benzene rings is 2. The Morgan fingerprint density at radius 1 is 1.20 bits per heavy atom. The SMILES string of the molecule is [2H]Cc1cc(Cc2c(C)cc([N+](=O)[O-])cc2C)ccc1O. The van der Waals surface area contributed by atoms with Crippen LogP contribution in [0, 0.1) is 30.9 Å². The monoisotopic (exact) mass is 272 g/mol. The van der Waals surface area contributed by atoms with Crippen molar-refractivity contribution in [3.05, 3.63) is 68.3 Å². The second-order valence-corrected chi connectivity index (χ2v) is 4.96. The van der Waals surface area contributed by atoms with Crippen molar-refractivity contribution in [2.24, 2.45) is 0 Å². The molecular weight excluding hydrogens is 254 g/mol. The third-order valence-corrected chi connectivity index (χ3v) is 3.42. The van der Waals surface area contributed by atoms with Crippen molar-refractivity contribution in [2.75, 3.05) is 0 Å². The molecule has 0 unspecified atom stereocenters. The number of aromatic hydroxyl groups is 1. The Balaban J connectivity index is 2.38. The van der Waals surface area contributed by atoms with Crippen LogP contribution in [0.3, 0.4) is 0 Å². The zero-order valence-electron chi connectivity index (χ0n) is 12.5. The molecule has 4 nitrogen and oxygen atoms in total. The molecule has 104 valence electrons. The van der Waals surface area contributed by atoms with Crippen LogP contribution in [0.4, 0.5) is 5.69 Å². The minimum atomic E-state index is -0.386. The van der Waals surface area contributed by atoms with E-state index in [2.05, 4.69) is 0 Å². The third-order valence-electron chi connectivity index (χ3n) is 3.42. The molecule has 0 aliphatic carbocycles. The highest BCUT2D eigenvalue weighted by Crippen LogP contribution is 2.25. The van der Waals surface area contributed by atoms with E-state index in [1.165, 1.54) is 0 Å². The van der Waals surface area contributed by atoms with Crippen LogP contribution < -0.4 is 0 Å². The number of aryl methyl sites for hydroxylation is 3. The summed E-state index contributed by atoms with van der Waals surface area (Å²) >= 11 is 0. The summed E-state index contributed by atoms with van der Waals surface area (Å²) in [5.74, 6) is 0.130. The summed E-state index contributed by atoms with van der Waals surface area (Å²) in [5, 5.41) is 20.5. The molecule has 2 aromatic rings. The van der Waals surface area contributed by atoms with Crippen LogP contribution in [0.1, 0.15) is 29.2 Å². The molecule has 0 aliphatic rings. The molecule has 0 bridgehead atoms. The van der Waals surface area contributed by atoms with E-state index < -0.39 is 0 Å². The van der Waals surface area contributed by atoms with Crippen molar-refractivity contribution in [2.45, 2.75) is 27.2 Å².